The van der Waals surface area contributed by atoms with Gasteiger partial charge in [-0.15, -0.1) is 0 Å². The van der Waals surface area contributed by atoms with Gasteiger partial charge in [-0.2, -0.15) is 0 Å². The maximum atomic E-state index is 3.21. The summed E-state index contributed by atoms with van der Waals surface area (Å²) in [6.07, 6.45) is 4.66. The summed E-state index contributed by atoms with van der Waals surface area (Å²) in [4.78, 5) is 0. The molecule has 0 atom stereocenters. The number of anilines is 1. The molecule has 0 fully saturated rings. The molecule has 100 valence electrons. The summed E-state index contributed by atoms with van der Waals surface area (Å²) >= 11 is 0. The van der Waals surface area contributed by atoms with E-state index >= 15 is 0 Å². The zero-order valence-corrected chi connectivity index (χ0v) is 11.7. The van der Waals surface area contributed by atoms with Crippen molar-refractivity contribution in [2.24, 2.45) is 0 Å². The first-order valence-electron chi connectivity index (χ1n) is 7.25. The number of nitrogens with one attached hydrogen (secondary N) is 1. The van der Waals surface area contributed by atoms with Crippen molar-refractivity contribution in [3.05, 3.63) is 54.2 Å². The Morgan fingerprint density at radius 3 is 2.90 bits per heavy atom. The second-order valence-electron chi connectivity index (χ2n) is 5.52. The number of rotatable bonds is 2. The van der Waals surface area contributed by atoms with E-state index in [0.717, 1.165) is 12.2 Å². The molecule has 3 aromatic rings. The maximum Gasteiger partial charge on any atom is 0.0513 e. The van der Waals surface area contributed by atoms with Crippen LogP contribution >= 0.6 is 0 Å². The molecule has 0 amide bonds. The van der Waals surface area contributed by atoms with Crippen LogP contribution in [0.4, 0.5) is 5.69 Å². The minimum Gasteiger partial charge on any atom is -0.388 e. The van der Waals surface area contributed by atoms with E-state index in [1.165, 1.54) is 40.4 Å². The predicted molar refractivity (Wildman–Crippen MR) is 85.2 cm³/mol. The van der Waals surface area contributed by atoms with Gasteiger partial charge in [0.25, 0.3) is 0 Å². The number of aromatic nitrogens is 1. The first kappa shape index (κ1) is 11.6. The fraction of sp³-hybridized carbons (Fsp3) is 0.222. The van der Waals surface area contributed by atoms with Crippen LogP contribution in [-0.4, -0.2) is 11.6 Å². The molecule has 1 aliphatic heterocycles. The fourth-order valence-corrected chi connectivity index (χ4v) is 3.28. The number of hydrogen-bond acceptors (Lipinski definition) is 1. The molecule has 1 aromatic heterocycles. The minimum atomic E-state index is 1.16. The quantitative estimate of drug-likeness (QED) is 0.728. The van der Waals surface area contributed by atoms with E-state index < -0.39 is 0 Å². The summed E-state index contributed by atoms with van der Waals surface area (Å²) in [5.41, 5.74) is 6.69. The molecule has 2 nitrogen and oxygen atoms in total. The molecular weight excluding hydrogens is 244 g/mol. The molecule has 1 aliphatic rings. The zero-order chi connectivity index (χ0) is 13.5. The van der Waals surface area contributed by atoms with E-state index in [1.807, 2.05) is 7.05 Å². The molecule has 0 unspecified atom stereocenters. The van der Waals surface area contributed by atoms with Crippen LogP contribution in [0.15, 0.2) is 48.7 Å². The van der Waals surface area contributed by atoms with Gasteiger partial charge in [-0.25, -0.2) is 0 Å². The molecule has 0 spiro atoms. The van der Waals surface area contributed by atoms with Gasteiger partial charge < -0.3 is 9.88 Å². The van der Waals surface area contributed by atoms with Crippen molar-refractivity contribution in [3.63, 3.8) is 0 Å². The summed E-state index contributed by atoms with van der Waals surface area (Å²) in [5.74, 6) is 0. The van der Waals surface area contributed by atoms with Gasteiger partial charge in [0.05, 0.1) is 5.52 Å². The van der Waals surface area contributed by atoms with Crippen LogP contribution in [0.25, 0.3) is 22.0 Å². The van der Waals surface area contributed by atoms with Crippen molar-refractivity contribution >= 4 is 16.6 Å². The van der Waals surface area contributed by atoms with E-state index in [4.69, 9.17) is 0 Å². The van der Waals surface area contributed by atoms with Crippen LogP contribution in [0.5, 0.6) is 0 Å². The highest BCUT2D eigenvalue weighted by Gasteiger charge is 2.14. The van der Waals surface area contributed by atoms with Gasteiger partial charge in [-0.3, -0.25) is 0 Å². The Hall–Kier alpha value is -2.22. The average molecular weight is 262 g/mol. The van der Waals surface area contributed by atoms with Gasteiger partial charge in [0.2, 0.25) is 0 Å². The average Bonchev–Trinajstić information content (AvgIpc) is 2.92. The molecule has 0 saturated heterocycles. The smallest absolute Gasteiger partial charge is 0.0513 e. The molecule has 0 bridgehead atoms. The Labute approximate surface area is 119 Å². The molecule has 0 radical (unpaired) electrons. The summed E-state index contributed by atoms with van der Waals surface area (Å²) in [6.45, 7) is 1.16. The lowest BCUT2D eigenvalue weighted by Gasteiger charge is -2.17. The second-order valence-corrected chi connectivity index (χ2v) is 5.52. The van der Waals surface area contributed by atoms with Gasteiger partial charge in [0, 0.05) is 30.9 Å². The number of hydrogen-bond donors (Lipinski definition) is 1. The Balaban J connectivity index is 1.92. The topological polar surface area (TPSA) is 17.0 Å². The van der Waals surface area contributed by atoms with E-state index in [2.05, 4.69) is 58.5 Å². The number of nitrogens with zero attached hydrogens (tertiary/aromatic N) is 1. The molecule has 4 rings (SSSR count). The van der Waals surface area contributed by atoms with Crippen LogP contribution < -0.4 is 5.32 Å². The minimum absolute atomic E-state index is 1.16. The molecule has 20 heavy (non-hydrogen) atoms. The van der Waals surface area contributed by atoms with Crippen molar-refractivity contribution in [2.45, 2.75) is 19.4 Å². The van der Waals surface area contributed by atoms with Gasteiger partial charge in [0.15, 0.2) is 0 Å². The van der Waals surface area contributed by atoms with Crippen LogP contribution in [0.1, 0.15) is 12.0 Å². The lowest BCUT2D eigenvalue weighted by atomic mass is 9.96. The number of aryl methyl sites for hydroxylation is 2. The molecule has 2 aromatic carbocycles. The normalized spacial score (nSPS) is 13.7. The largest absolute Gasteiger partial charge is 0.388 e. The standard InChI is InChI=1S/C18H18N2/c1-19-17-6-2-4-13(12-17)16-10-14-5-3-8-20-9-7-15(11-16)18(14)20/h2,4,6-7,9-12,19H,3,5,8H2,1H3. The lowest BCUT2D eigenvalue weighted by Crippen LogP contribution is -2.06. The van der Waals surface area contributed by atoms with Gasteiger partial charge in [-0.1, -0.05) is 12.1 Å². The Morgan fingerprint density at radius 2 is 2.00 bits per heavy atom. The van der Waals surface area contributed by atoms with Gasteiger partial charge in [0.1, 0.15) is 0 Å². The monoisotopic (exact) mass is 262 g/mol. The van der Waals surface area contributed by atoms with E-state index in [9.17, 15) is 0 Å². The highest BCUT2D eigenvalue weighted by atomic mass is 15.0. The highest BCUT2D eigenvalue weighted by Crippen LogP contribution is 2.32. The Bertz CT molecular complexity index is 783. The SMILES string of the molecule is CNc1cccc(-c2cc3c4c(ccn4CCC3)c2)c1. The summed E-state index contributed by atoms with van der Waals surface area (Å²) in [5, 5.41) is 4.58. The summed E-state index contributed by atoms with van der Waals surface area (Å²) in [6, 6.07) is 15.5. The van der Waals surface area contributed by atoms with Crippen molar-refractivity contribution < 1.29 is 0 Å². The summed E-state index contributed by atoms with van der Waals surface area (Å²) < 4.78 is 2.39. The third kappa shape index (κ3) is 1.72. The zero-order valence-electron chi connectivity index (χ0n) is 11.7. The Morgan fingerprint density at radius 1 is 1.05 bits per heavy atom. The van der Waals surface area contributed by atoms with Crippen molar-refractivity contribution in [2.75, 3.05) is 12.4 Å². The Kier molecular flexibility index (Phi) is 2.56. The summed E-state index contributed by atoms with van der Waals surface area (Å²) in [7, 11) is 1.96. The first-order chi connectivity index (χ1) is 9.85. The molecule has 1 N–H and O–H groups in total. The maximum absolute atomic E-state index is 3.21. The van der Waals surface area contributed by atoms with Gasteiger partial charge >= 0.3 is 0 Å². The highest BCUT2D eigenvalue weighted by molar-refractivity contribution is 5.89. The van der Waals surface area contributed by atoms with Crippen molar-refractivity contribution in [1.82, 2.24) is 4.57 Å². The number of benzene rings is 2. The van der Waals surface area contributed by atoms with Crippen LogP contribution in [-0.2, 0) is 13.0 Å². The molecular formula is C18H18N2. The third-order valence-corrected chi connectivity index (χ3v) is 4.27. The van der Waals surface area contributed by atoms with Crippen LogP contribution in [0.3, 0.4) is 0 Å². The predicted octanol–water partition coefficient (Wildman–Crippen LogP) is 4.30. The van der Waals surface area contributed by atoms with Crippen molar-refractivity contribution in [1.29, 1.82) is 0 Å². The van der Waals surface area contributed by atoms with Gasteiger partial charge in [-0.05, 0) is 59.9 Å². The lowest BCUT2D eigenvalue weighted by molar-refractivity contribution is 0.636. The first-order valence-corrected chi connectivity index (χ1v) is 7.25. The molecule has 0 aliphatic carbocycles. The van der Waals surface area contributed by atoms with Crippen molar-refractivity contribution in [3.8, 4) is 11.1 Å². The third-order valence-electron chi connectivity index (χ3n) is 4.27. The van der Waals surface area contributed by atoms with E-state index in [0.29, 0.717) is 0 Å². The van der Waals surface area contributed by atoms with E-state index in [-0.39, 0.29) is 0 Å². The van der Waals surface area contributed by atoms with Crippen LogP contribution in [0, 0.1) is 0 Å². The molecule has 2 heteroatoms. The molecule has 2 heterocycles. The molecule has 0 saturated carbocycles. The van der Waals surface area contributed by atoms with Crippen LogP contribution in [0.2, 0.25) is 0 Å². The second kappa shape index (κ2) is 4.41. The fourth-order valence-electron chi connectivity index (χ4n) is 3.28. The van der Waals surface area contributed by atoms with E-state index in [1.54, 1.807) is 0 Å².